The first-order valence-electron chi connectivity index (χ1n) is 25.5. The van der Waals surface area contributed by atoms with E-state index in [2.05, 4.69) is 117 Å². The molecule has 2 aromatic carbocycles. The van der Waals surface area contributed by atoms with Gasteiger partial charge in [0.2, 0.25) is 5.91 Å². The monoisotopic (exact) mass is 958 g/mol. The summed E-state index contributed by atoms with van der Waals surface area (Å²) in [7, 11) is 0. The van der Waals surface area contributed by atoms with Gasteiger partial charge in [-0.05, 0) is 114 Å². The van der Waals surface area contributed by atoms with Gasteiger partial charge in [0, 0.05) is 59.6 Å². The van der Waals surface area contributed by atoms with Crippen LogP contribution in [-0.4, -0.2) is 105 Å². The van der Waals surface area contributed by atoms with E-state index in [9.17, 15) is 23.2 Å². The molecule has 4 N–H and O–H groups in total. The second-order valence-electron chi connectivity index (χ2n) is 20.4. The van der Waals surface area contributed by atoms with Crippen LogP contribution in [0.1, 0.15) is 141 Å². The molecular weight excluding hydrogens is 888 g/mol. The number of amides is 1. The van der Waals surface area contributed by atoms with Crippen LogP contribution >= 0.6 is 11.8 Å². The highest BCUT2D eigenvalue weighted by molar-refractivity contribution is 8.00. The van der Waals surface area contributed by atoms with Crippen molar-refractivity contribution in [1.29, 1.82) is 5.26 Å². The molecule has 9 rings (SSSR count). The number of thioether (sulfide) groups is 1. The van der Waals surface area contributed by atoms with Crippen LogP contribution < -0.4 is 31.1 Å². The molecule has 5 aliphatic heterocycles. The summed E-state index contributed by atoms with van der Waals surface area (Å²) in [5, 5.41) is 16.0. The van der Waals surface area contributed by atoms with E-state index in [4.69, 9.17) is 9.73 Å². The molecule has 368 valence electrons. The molecule has 16 heteroatoms. The smallest absolute Gasteiger partial charge is 0.490 e. The van der Waals surface area contributed by atoms with Crippen molar-refractivity contribution >= 4 is 23.4 Å². The van der Waals surface area contributed by atoms with Crippen LogP contribution in [0.15, 0.2) is 47.5 Å². The lowest BCUT2D eigenvalue weighted by molar-refractivity contribution is -0.274. The molecule has 0 radical (unpaired) electrons. The fourth-order valence-electron chi connectivity index (χ4n) is 12.0. The first-order chi connectivity index (χ1) is 32.8. The van der Waals surface area contributed by atoms with Gasteiger partial charge in [0.1, 0.15) is 17.9 Å². The van der Waals surface area contributed by atoms with Crippen LogP contribution in [0.4, 0.5) is 13.2 Å². The van der Waals surface area contributed by atoms with E-state index >= 15 is 0 Å². The topological polar surface area (TPSA) is 130 Å². The van der Waals surface area contributed by atoms with Crippen LogP contribution in [0.5, 0.6) is 11.5 Å². The Balaban J connectivity index is 0.787. The SMILES string of the molecule is CC1SC2C(C(c3ccc(C#CC4CCN(C5CCC(C(=O)NC6CCC(Oc7ccc(C#N)c(OC(F)(F)F)c7)CC6)NN5C5CCCCCCC5)CC4)cc3)=N[C@@H](C)C3NNC(C)N23)C1C. The zero-order valence-corrected chi connectivity index (χ0v) is 40.9. The molecule has 5 heterocycles. The number of piperidine rings is 1. The van der Waals surface area contributed by atoms with Crippen molar-refractivity contribution in [3.05, 3.63) is 59.2 Å². The number of aliphatic imine (C=N–C) groups is 1. The van der Waals surface area contributed by atoms with Gasteiger partial charge in [0.25, 0.3) is 0 Å². The molecule has 12 nitrogen and oxygen atoms in total. The van der Waals surface area contributed by atoms with Gasteiger partial charge in [0.15, 0.2) is 5.75 Å². The third kappa shape index (κ3) is 11.3. The fourth-order valence-corrected chi connectivity index (χ4v) is 13.8. The minimum absolute atomic E-state index is 0.0102. The highest BCUT2D eigenvalue weighted by Crippen LogP contribution is 2.49. The zero-order chi connectivity index (χ0) is 47.5. The van der Waals surface area contributed by atoms with Crippen molar-refractivity contribution < 1.29 is 27.4 Å². The van der Waals surface area contributed by atoms with Gasteiger partial charge in [-0.25, -0.2) is 21.3 Å². The summed E-state index contributed by atoms with van der Waals surface area (Å²) in [5.41, 5.74) is 14.1. The van der Waals surface area contributed by atoms with Crippen molar-refractivity contribution in [3.8, 4) is 29.4 Å². The minimum atomic E-state index is -4.92. The average molecular weight is 958 g/mol. The van der Waals surface area contributed by atoms with E-state index in [1.807, 2.05) is 0 Å². The number of alkyl halides is 3. The van der Waals surface area contributed by atoms with E-state index in [0.29, 0.717) is 60.1 Å². The summed E-state index contributed by atoms with van der Waals surface area (Å²) in [5.74, 6) is 8.10. The lowest BCUT2D eigenvalue weighted by atomic mass is 9.84. The summed E-state index contributed by atoms with van der Waals surface area (Å²) in [4.78, 5) is 24.6. The average Bonchev–Trinajstić information content (AvgIpc) is 3.80. The maximum atomic E-state index is 14.0. The number of nitrogens with one attached hydrogen (secondary N) is 4. The molecule has 8 unspecified atom stereocenters. The van der Waals surface area contributed by atoms with Gasteiger partial charge < -0.3 is 14.8 Å². The van der Waals surface area contributed by atoms with Crippen LogP contribution in [0, 0.1) is 40.9 Å². The molecule has 6 fully saturated rings. The maximum absolute atomic E-state index is 14.0. The number of carbonyl (C=O) groups is 1. The molecule has 2 aromatic rings. The Morgan fingerprint density at radius 2 is 1.60 bits per heavy atom. The molecule has 4 saturated heterocycles. The Morgan fingerprint density at radius 1 is 0.882 bits per heavy atom. The summed E-state index contributed by atoms with van der Waals surface area (Å²) in [6.07, 6.45) is 10.4. The zero-order valence-electron chi connectivity index (χ0n) is 40.1. The molecular formula is C52H70F3N9O3S. The summed E-state index contributed by atoms with van der Waals surface area (Å²) >= 11 is 2.09. The van der Waals surface area contributed by atoms with Gasteiger partial charge in [-0.1, -0.05) is 69.9 Å². The van der Waals surface area contributed by atoms with E-state index < -0.39 is 12.1 Å². The predicted octanol–water partition coefficient (Wildman–Crippen LogP) is 8.42. The second kappa shape index (κ2) is 21.6. The third-order valence-corrected chi connectivity index (χ3v) is 17.6. The van der Waals surface area contributed by atoms with E-state index in [1.165, 1.54) is 55.5 Å². The Labute approximate surface area is 405 Å². The van der Waals surface area contributed by atoms with Crippen LogP contribution in [0.3, 0.4) is 0 Å². The lowest BCUT2D eigenvalue weighted by Crippen LogP contribution is -2.67. The molecule has 68 heavy (non-hydrogen) atoms. The number of benzene rings is 2. The van der Waals surface area contributed by atoms with Gasteiger partial charge in [0.05, 0.1) is 41.6 Å². The van der Waals surface area contributed by atoms with Crippen LogP contribution in [0.25, 0.3) is 0 Å². The molecule has 0 spiro atoms. The minimum Gasteiger partial charge on any atom is -0.490 e. The Hall–Kier alpha value is -3.87. The number of hydrogen-bond acceptors (Lipinski definition) is 12. The first-order valence-corrected chi connectivity index (χ1v) is 26.4. The molecule has 0 aromatic heterocycles. The standard InChI is InChI=1S/C52H70F3N9O3S/c1-32-34(3)68-51-47(32)48(57-33(2)49-60-59-35(4)63(49)51)38-16-14-36(15-17-38)12-13-37-26-28-62(29-27-37)46-25-24-44(61-64(46)41-10-8-6-5-7-9-11-41)50(65)58-40-19-22-42(23-20-40)66-43-21-18-39(31-56)45(30-43)67-52(53,54)55/h14-18,21,30,32-35,37,40-42,44,46-47,49,51,59-61H,5-11,19-20,22-29H2,1-4H3,(H,58,65)/t32?,33-,34?,35?,40?,42?,44?,46?,47?,49?,51?/m0/s1. The Bertz CT molecular complexity index is 2190. The highest BCUT2D eigenvalue weighted by Gasteiger charge is 2.52. The Morgan fingerprint density at radius 3 is 2.31 bits per heavy atom. The number of fused-ring (bicyclic) bond motifs is 3. The van der Waals surface area contributed by atoms with Gasteiger partial charge in [-0.3, -0.25) is 19.6 Å². The number of nitriles is 1. The van der Waals surface area contributed by atoms with Gasteiger partial charge in [-0.2, -0.15) is 5.26 Å². The molecule has 7 aliphatic rings. The van der Waals surface area contributed by atoms with Gasteiger partial charge >= 0.3 is 6.36 Å². The lowest BCUT2D eigenvalue weighted by Gasteiger charge is -2.50. The normalized spacial score (nSPS) is 33.6. The van der Waals surface area contributed by atoms with E-state index in [0.717, 1.165) is 63.2 Å². The van der Waals surface area contributed by atoms with Crippen LogP contribution in [-0.2, 0) is 4.79 Å². The quantitative estimate of drug-likeness (QED) is 0.191. The number of rotatable bonds is 8. The second-order valence-corrected chi connectivity index (χ2v) is 21.9. The number of likely N-dealkylation sites (tertiary alicyclic amines) is 1. The maximum Gasteiger partial charge on any atom is 0.573 e. The predicted molar refractivity (Wildman–Crippen MR) is 259 cm³/mol. The first kappa shape index (κ1) is 49.1. The summed E-state index contributed by atoms with van der Waals surface area (Å²) < 4.78 is 49.0. The molecule has 2 aliphatic carbocycles. The molecule has 2 saturated carbocycles. The van der Waals surface area contributed by atoms with Crippen LogP contribution in [0.2, 0.25) is 0 Å². The van der Waals surface area contributed by atoms with Crippen molar-refractivity contribution in [3.63, 3.8) is 0 Å². The highest BCUT2D eigenvalue weighted by atomic mass is 32.2. The van der Waals surface area contributed by atoms with Crippen molar-refractivity contribution in [2.45, 2.75) is 190 Å². The number of halogens is 3. The Kier molecular flexibility index (Phi) is 15.6. The fraction of sp³-hybridized carbons (Fsp3) is 0.673. The molecule has 9 atom stereocenters. The number of carbonyl (C=O) groups excluding carboxylic acids is 1. The van der Waals surface area contributed by atoms with Crippen molar-refractivity contribution in [2.75, 3.05) is 13.1 Å². The summed E-state index contributed by atoms with van der Waals surface area (Å²) in [6.45, 7) is 11.2. The number of hydrogen-bond donors (Lipinski definition) is 4. The number of hydrazine groups is 2. The molecule has 1 amide bonds. The molecule has 0 bridgehead atoms. The van der Waals surface area contributed by atoms with Gasteiger partial charge in [-0.15, -0.1) is 24.9 Å². The van der Waals surface area contributed by atoms with E-state index in [1.54, 1.807) is 6.07 Å². The van der Waals surface area contributed by atoms with Crippen molar-refractivity contribution in [2.24, 2.45) is 22.7 Å². The number of nitrogens with zero attached hydrogens (tertiary/aromatic N) is 5. The van der Waals surface area contributed by atoms with Crippen molar-refractivity contribution in [1.82, 2.24) is 36.4 Å². The number of ether oxygens (including phenoxy) is 2. The largest absolute Gasteiger partial charge is 0.573 e. The van der Waals surface area contributed by atoms with E-state index in [-0.39, 0.29) is 59.9 Å². The third-order valence-electron chi connectivity index (χ3n) is 15.9. The summed E-state index contributed by atoms with van der Waals surface area (Å²) in [6, 6.07) is 14.7.